The lowest BCUT2D eigenvalue weighted by molar-refractivity contribution is 0.294. The average Bonchev–Trinajstić information content (AvgIpc) is 2.45. The SMILES string of the molecule is COc1ccc(Br)cc1COc1cccc(Cl)c1CCl. The Labute approximate surface area is 136 Å². The van der Waals surface area contributed by atoms with Gasteiger partial charge in [0, 0.05) is 20.6 Å². The second-order valence-electron chi connectivity index (χ2n) is 4.09. The zero-order valence-electron chi connectivity index (χ0n) is 10.8. The molecule has 0 N–H and O–H groups in total. The summed E-state index contributed by atoms with van der Waals surface area (Å²) in [6.07, 6.45) is 0. The smallest absolute Gasteiger partial charge is 0.125 e. The van der Waals surface area contributed by atoms with Gasteiger partial charge >= 0.3 is 0 Å². The van der Waals surface area contributed by atoms with E-state index in [4.69, 9.17) is 32.7 Å². The summed E-state index contributed by atoms with van der Waals surface area (Å²) in [5.74, 6) is 1.78. The molecule has 0 aromatic heterocycles. The van der Waals surface area contributed by atoms with E-state index in [1.54, 1.807) is 13.2 Å². The Morgan fingerprint density at radius 2 is 1.95 bits per heavy atom. The first-order chi connectivity index (χ1) is 9.65. The van der Waals surface area contributed by atoms with Crippen molar-refractivity contribution in [3.05, 3.63) is 57.0 Å². The molecular formula is C15H13BrCl2O2. The van der Waals surface area contributed by atoms with E-state index in [1.165, 1.54) is 0 Å². The molecule has 0 fully saturated rings. The monoisotopic (exact) mass is 374 g/mol. The van der Waals surface area contributed by atoms with Gasteiger partial charge in [-0.3, -0.25) is 0 Å². The Kier molecular flexibility index (Phi) is 5.58. The number of halogens is 3. The van der Waals surface area contributed by atoms with Crippen molar-refractivity contribution < 1.29 is 9.47 Å². The second kappa shape index (κ2) is 7.21. The Hall–Kier alpha value is -0.900. The first-order valence-corrected chi connectivity index (χ1v) is 7.65. The van der Waals surface area contributed by atoms with E-state index in [2.05, 4.69) is 15.9 Å². The van der Waals surface area contributed by atoms with E-state index in [0.717, 1.165) is 21.3 Å². The fraction of sp³-hybridized carbons (Fsp3) is 0.200. The van der Waals surface area contributed by atoms with E-state index in [-0.39, 0.29) is 0 Å². The Morgan fingerprint density at radius 1 is 1.15 bits per heavy atom. The predicted octanol–water partition coefficient (Wildman–Crippen LogP) is 5.43. The zero-order chi connectivity index (χ0) is 14.5. The molecule has 0 saturated heterocycles. The number of hydrogen-bond donors (Lipinski definition) is 0. The van der Waals surface area contributed by atoms with Gasteiger partial charge in [-0.05, 0) is 30.3 Å². The predicted molar refractivity (Wildman–Crippen MR) is 86.0 cm³/mol. The molecule has 2 aromatic rings. The van der Waals surface area contributed by atoms with Gasteiger partial charge in [0.25, 0.3) is 0 Å². The molecule has 0 aliphatic heterocycles. The van der Waals surface area contributed by atoms with Crippen LogP contribution in [0.3, 0.4) is 0 Å². The summed E-state index contributed by atoms with van der Waals surface area (Å²) < 4.78 is 12.1. The Bertz CT molecular complexity index is 600. The van der Waals surface area contributed by atoms with E-state index in [9.17, 15) is 0 Å². The number of ether oxygens (including phenoxy) is 2. The molecule has 5 heteroatoms. The van der Waals surface area contributed by atoms with Crippen molar-refractivity contribution in [3.8, 4) is 11.5 Å². The van der Waals surface area contributed by atoms with E-state index in [0.29, 0.717) is 23.3 Å². The minimum Gasteiger partial charge on any atom is -0.496 e. The summed E-state index contributed by atoms with van der Waals surface area (Å²) in [5.41, 5.74) is 1.74. The van der Waals surface area contributed by atoms with Gasteiger partial charge in [0.15, 0.2) is 0 Å². The van der Waals surface area contributed by atoms with Crippen LogP contribution < -0.4 is 9.47 Å². The molecule has 0 aliphatic rings. The fourth-order valence-electron chi connectivity index (χ4n) is 1.82. The topological polar surface area (TPSA) is 18.5 Å². The number of benzene rings is 2. The lowest BCUT2D eigenvalue weighted by Gasteiger charge is -2.13. The maximum atomic E-state index is 6.10. The molecular weight excluding hydrogens is 363 g/mol. The van der Waals surface area contributed by atoms with Crippen molar-refractivity contribution >= 4 is 39.1 Å². The Balaban J connectivity index is 2.21. The molecule has 2 aromatic carbocycles. The summed E-state index contributed by atoms with van der Waals surface area (Å²) in [5, 5.41) is 0.610. The third-order valence-corrected chi connectivity index (χ3v) is 3.95. The minimum atomic E-state index is 0.310. The van der Waals surface area contributed by atoms with Gasteiger partial charge in [-0.15, -0.1) is 11.6 Å². The molecule has 106 valence electrons. The highest BCUT2D eigenvalue weighted by atomic mass is 79.9. The van der Waals surface area contributed by atoms with Crippen LogP contribution in [0.4, 0.5) is 0 Å². The molecule has 0 saturated carbocycles. The third-order valence-electron chi connectivity index (χ3n) is 2.84. The summed E-state index contributed by atoms with van der Waals surface area (Å²) in [7, 11) is 1.64. The van der Waals surface area contributed by atoms with Crippen LogP contribution in [0.25, 0.3) is 0 Å². The standard InChI is InChI=1S/C15H13BrCl2O2/c1-19-14-6-5-11(16)7-10(14)9-20-15-4-2-3-13(18)12(15)8-17/h2-7H,8-9H2,1H3. The van der Waals surface area contributed by atoms with E-state index in [1.807, 2.05) is 30.3 Å². The van der Waals surface area contributed by atoms with Crippen LogP contribution in [0.5, 0.6) is 11.5 Å². The summed E-state index contributed by atoms with van der Waals surface area (Å²) >= 11 is 15.4. The van der Waals surface area contributed by atoms with Crippen molar-refractivity contribution in [2.24, 2.45) is 0 Å². The quantitative estimate of drug-likeness (QED) is 0.648. The number of rotatable bonds is 5. The van der Waals surface area contributed by atoms with Crippen LogP contribution in [0, 0.1) is 0 Å². The first-order valence-electron chi connectivity index (χ1n) is 5.94. The van der Waals surface area contributed by atoms with Gasteiger partial charge in [-0.25, -0.2) is 0 Å². The van der Waals surface area contributed by atoms with E-state index < -0.39 is 0 Å². The normalized spacial score (nSPS) is 10.4. The molecule has 0 atom stereocenters. The first kappa shape index (κ1) is 15.5. The van der Waals surface area contributed by atoms with Gasteiger partial charge in [0.2, 0.25) is 0 Å². The fourth-order valence-corrected chi connectivity index (χ4v) is 2.80. The van der Waals surface area contributed by atoms with Crippen LogP contribution >= 0.6 is 39.1 Å². The van der Waals surface area contributed by atoms with Crippen molar-refractivity contribution in [1.29, 1.82) is 0 Å². The molecule has 2 rings (SSSR count). The molecule has 0 amide bonds. The second-order valence-corrected chi connectivity index (χ2v) is 5.69. The van der Waals surface area contributed by atoms with Gasteiger partial charge in [-0.2, -0.15) is 0 Å². The van der Waals surface area contributed by atoms with Crippen LogP contribution in [-0.4, -0.2) is 7.11 Å². The maximum Gasteiger partial charge on any atom is 0.125 e. The molecule has 0 heterocycles. The largest absolute Gasteiger partial charge is 0.496 e. The lowest BCUT2D eigenvalue weighted by atomic mass is 10.2. The highest BCUT2D eigenvalue weighted by Crippen LogP contribution is 2.30. The van der Waals surface area contributed by atoms with Gasteiger partial charge < -0.3 is 9.47 Å². The molecule has 2 nitrogen and oxygen atoms in total. The number of hydrogen-bond acceptors (Lipinski definition) is 2. The van der Waals surface area contributed by atoms with Crippen molar-refractivity contribution in [1.82, 2.24) is 0 Å². The van der Waals surface area contributed by atoms with Crippen molar-refractivity contribution in [2.75, 3.05) is 7.11 Å². The molecule has 0 unspecified atom stereocenters. The highest BCUT2D eigenvalue weighted by molar-refractivity contribution is 9.10. The van der Waals surface area contributed by atoms with Crippen LogP contribution in [0.1, 0.15) is 11.1 Å². The van der Waals surface area contributed by atoms with Crippen molar-refractivity contribution in [2.45, 2.75) is 12.5 Å². The van der Waals surface area contributed by atoms with Crippen LogP contribution in [-0.2, 0) is 12.5 Å². The summed E-state index contributed by atoms with van der Waals surface area (Å²) in [4.78, 5) is 0. The van der Waals surface area contributed by atoms with Crippen LogP contribution in [0.2, 0.25) is 5.02 Å². The van der Waals surface area contributed by atoms with Crippen LogP contribution in [0.15, 0.2) is 40.9 Å². The number of methoxy groups -OCH3 is 1. The number of alkyl halides is 1. The molecule has 0 bridgehead atoms. The summed E-state index contributed by atoms with van der Waals surface area (Å²) in [6, 6.07) is 11.3. The van der Waals surface area contributed by atoms with Gasteiger partial charge in [0.1, 0.15) is 18.1 Å². The van der Waals surface area contributed by atoms with Gasteiger partial charge in [-0.1, -0.05) is 33.6 Å². The molecule has 0 aliphatic carbocycles. The minimum absolute atomic E-state index is 0.310. The summed E-state index contributed by atoms with van der Waals surface area (Å²) in [6.45, 7) is 0.382. The highest BCUT2D eigenvalue weighted by Gasteiger charge is 2.09. The zero-order valence-corrected chi connectivity index (χ0v) is 13.9. The molecule has 0 spiro atoms. The maximum absolute atomic E-state index is 6.10. The van der Waals surface area contributed by atoms with Gasteiger partial charge in [0.05, 0.1) is 13.0 Å². The third kappa shape index (κ3) is 3.60. The Morgan fingerprint density at radius 3 is 2.65 bits per heavy atom. The van der Waals surface area contributed by atoms with E-state index >= 15 is 0 Å². The molecule has 20 heavy (non-hydrogen) atoms. The molecule has 0 radical (unpaired) electrons. The average molecular weight is 376 g/mol. The van der Waals surface area contributed by atoms with Crippen molar-refractivity contribution in [3.63, 3.8) is 0 Å². The lowest BCUT2D eigenvalue weighted by Crippen LogP contribution is -2.00.